The summed E-state index contributed by atoms with van der Waals surface area (Å²) in [5.41, 5.74) is -0.252. The lowest BCUT2D eigenvalue weighted by atomic mass is 9.97. The van der Waals surface area contributed by atoms with Gasteiger partial charge in [0.15, 0.2) is 40.8 Å². The average molecular weight is 787 g/mol. The van der Waals surface area contributed by atoms with Gasteiger partial charge in [-0.25, -0.2) is 4.79 Å². The van der Waals surface area contributed by atoms with Gasteiger partial charge in [-0.2, -0.15) is 0 Å². The van der Waals surface area contributed by atoms with Crippen molar-refractivity contribution < 1.29 is 88.7 Å². The van der Waals surface area contributed by atoms with Crippen LogP contribution in [-0.2, 0) is 23.7 Å². The monoisotopic (exact) mass is 786 g/mol. The van der Waals surface area contributed by atoms with Crippen LogP contribution in [0.4, 0.5) is 0 Å². The van der Waals surface area contributed by atoms with Crippen molar-refractivity contribution in [2.24, 2.45) is 0 Å². The quantitative estimate of drug-likeness (QED) is 0.0523. The van der Waals surface area contributed by atoms with Gasteiger partial charge in [0.05, 0.1) is 13.7 Å². The Balaban J connectivity index is 1.21. The lowest BCUT2D eigenvalue weighted by molar-refractivity contribution is -0.357. The van der Waals surface area contributed by atoms with Crippen LogP contribution >= 0.6 is 0 Å². The van der Waals surface area contributed by atoms with Crippen molar-refractivity contribution in [2.45, 2.75) is 61.4 Å². The fourth-order valence-electron chi connectivity index (χ4n) is 6.06. The molecule has 4 aromatic rings. The fourth-order valence-corrected chi connectivity index (χ4v) is 6.06. The summed E-state index contributed by atoms with van der Waals surface area (Å²) in [4.78, 5) is 25.5. The number of rotatable bonds is 11. The van der Waals surface area contributed by atoms with E-state index < -0.39 is 103 Å². The average Bonchev–Trinajstić information content (AvgIpc) is 3.17. The van der Waals surface area contributed by atoms with E-state index in [2.05, 4.69) is 0 Å². The number of hydrogen-bond donors (Lipinski definition) is 10. The molecule has 0 amide bonds. The Morgan fingerprint density at radius 1 is 0.768 bits per heavy atom. The molecule has 19 heteroatoms. The van der Waals surface area contributed by atoms with Gasteiger partial charge in [-0.1, -0.05) is 6.07 Å². The number of aromatic hydroxyl groups is 4. The van der Waals surface area contributed by atoms with Crippen LogP contribution in [0.3, 0.4) is 0 Å². The molecule has 3 heterocycles. The summed E-state index contributed by atoms with van der Waals surface area (Å²) in [7, 11) is 1.35. The minimum atomic E-state index is -1.99. The minimum absolute atomic E-state index is 0.0678. The van der Waals surface area contributed by atoms with Crippen LogP contribution < -0.4 is 14.9 Å². The van der Waals surface area contributed by atoms with Gasteiger partial charge in [0, 0.05) is 29.8 Å². The molecule has 6 rings (SSSR count). The first kappa shape index (κ1) is 40.2. The van der Waals surface area contributed by atoms with E-state index in [9.17, 15) is 60.7 Å². The van der Waals surface area contributed by atoms with Gasteiger partial charge in [0.1, 0.15) is 77.6 Å². The predicted octanol–water partition coefficient (Wildman–Crippen LogP) is -0.442. The van der Waals surface area contributed by atoms with E-state index in [-0.39, 0.29) is 39.5 Å². The predicted molar refractivity (Wildman–Crippen MR) is 188 cm³/mol. The van der Waals surface area contributed by atoms with Crippen LogP contribution in [0.1, 0.15) is 5.56 Å². The maximum absolute atomic E-state index is 13.0. The van der Waals surface area contributed by atoms with Crippen molar-refractivity contribution in [3.8, 4) is 45.8 Å². The summed E-state index contributed by atoms with van der Waals surface area (Å²) in [6.45, 7) is -1.49. The van der Waals surface area contributed by atoms with Gasteiger partial charge in [0.2, 0.25) is 6.29 Å². The zero-order valence-corrected chi connectivity index (χ0v) is 29.2. The third kappa shape index (κ3) is 8.35. The van der Waals surface area contributed by atoms with Crippen molar-refractivity contribution in [1.82, 2.24) is 0 Å². The molecule has 10 unspecified atom stereocenters. The van der Waals surface area contributed by atoms with Gasteiger partial charge in [0.25, 0.3) is 0 Å². The lowest BCUT2D eigenvalue weighted by Crippen LogP contribution is -2.65. The van der Waals surface area contributed by atoms with E-state index in [1.165, 1.54) is 43.5 Å². The highest BCUT2D eigenvalue weighted by Crippen LogP contribution is 2.36. The Morgan fingerprint density at radius 2 is 1.48 bits per heavy atom. The molecule has 10 N–H and O–H groups in total. The summed E-state index contributed by atoms with van der Waals surface area (Å²) in [6, 6.07) is 11.2. The Hall–Kier alpha value is -5.48. The van der Waals surface area contributed by atoms with E-state index in [4.69, 9.17) is 32.8 Å². The zero-order valence-electron chi connectivity index (χ0n) is 29.2. The zero-order chi connectivity index (χ0) is 40.4. The molecule has 300 valence electrons. The van der Waals surface area contributed by atoms with Crippen LogP contribution in [0.2, 0.25) is 0 Å². The number of esters is 1. The Morgan fingerprint density at radius 3 is 2.20 bits per heavy atom. The second kappa shape index (κ2) is 16.7. The molecule has 0 bridgehead atoms. The van der Waals surface area contributed by atoms with E-state index in [0.717, 1.165) is 30.3 Å². The number of aliphatic hydroxyl groups excluding tert-OH is 6. The Kier molecular flexibility index (Phi) is 12.0. The fraction of sp³-hybridized carbons (Fsp3) is 0.351. The molecule has 3 aromatic carbocycles. The van der Waals surface area contributed by atoms with Crippen LogP contribution in [0.25, 0.3) is 28.4 Å². The lowest BCUT2D eigenvalue weighted by Gasteiger charge is -2.45. The van der Waals surface area contributed by atoms with Crippen LogP contribution in [0.15, 0.2) is 69.9 Å². The van der Waals surface area contributed by atoms with Crippen molar-refractivity contribution >= 4 is 23.0 Å². The number of hydrogen-bond acceptors (Lipinski definition) is 19. The standard InChI is InChI=1S/C37H38O19/c1-50-24-8-15(2-5-19(24)40)3-7-28(44)51-14-27-31(46)32(47)34(49)36(55-27)56-35-33(48)30(45)26(13-38)54-37(35)52-17-10-21(42)29-22(43)12-23(53-25(29)11-17)16-4-6-18(39)20(41)9-16/h2-12,26-27,30-42,45-49H,13-14H2,1H3. The van der Waals surface area contributed by atoms with E-state index in [1.807, 2.05) is 0 Å². The SMILES string of the molecule is COc1cc(C=CC(=O)OCC2OC(OC3C(Oc4cc(O)c5c(=O)cc(-c6ccc(O)c(O)c6)oc5c4)OC(CO)C(O)C3O)C(O)C(O)C2O)ccc1O. The van der Waals surface area contributed by atoms with E-state index in [1.54, 1.807) is 0 Å². The van der Waals surface area contributed by atoms with Crippen molar-refractivity contribution in [3.05, 3.63) is 76.5 Å². The summed E-state index contributed by atoms with van der Waals surface area (Å²) >= 11 is 0. The smallest absolute Gasteiger partial charge is 0.330 e. The second-order valence-corrected chi connectivity index (χ2v) is 12.8. The molecule has 2 saturated heterocycles. The number of fused-ring (bicyclic) bond motifs is 1. The highest BCUT2D eigenvalue weighted by atomic mass is 16.8. The van der Waals surface area contributed by atoms with Crippen molar-refractivity contribution in [2.75, 3.05) is 20.3 Å². The largest absolute Gasteiger partial charge is 0.507 e. The number of methoxy groups -OCH3 is 1. The number of benzene rings is 3. The van der Waals surface area contributed by atoms with Crippen molar-refractivity contribution in [1.29, 1.82) is 0 Å². The molecule has 10 atom stereocenters. The summed E-state index contributed by atoms with van der Waals surface area (Å²) in [5, 5.41) is 104. The van der Waals surface area contributed by atoms with E-state index in [0.29, 0.717) is 5.56 Å². The Labute approximate surface area is 315 Å². The number of aliphatic hydroxyl groups is 6. The molecule has 19 nitrogen and oxygen atoms in total. The molecule has 2 fully saturated rings. The number of carbonyl (C=O) groups is 1. The minimum Gasteiger partial charge on any atom is -0.507 e. The summed E-state index contributed by atoms with van der Waals surface area (Å²) < 4.78 is 38.9. The highest BCUT2D eigenvalue weighted by molar-refractivity contribution is 5.87. The van der Waals surface area contributed by atoms with Crippen molar-refractivity contribution in [3.63, 3.8) is 0 Å². The molecule has 0 aliphatic carbocycles. The molecular formula is C37H38O19. The van der Waals surface area contributed by atoms with Gasteiger partial charge >= 0.3 is 5.97 Å². The van der Waals surface area contributed by atoms with Crippen LogP contribution in [0, 0.1) is 0 Å². The summed E-state index contributed by atoms with van der Waals surface area (Å²) in [6.07, 6.45) is -15.5. The number of carbonyl (C=O) groups excluding carboxylic acids is 1. The molecule has 0 saturated carbocycles. The molecule has 2 aliphatic heterocycles. The normalized spacial score (nSPS) is 28.0. The van der Waals surface area contributed by atoms with Crippen LogP contribution in [0.5, 0.6) is 34.5 Å². The Bertz CT molecular complexity index is 2130. The van der Waals surface area contributed by atoms with Gasteiger partial charge < -0.3 is 83.9 Å². The van der Waals surface area contributed by atoms with Crippen LogP contribution in [-0.4, -0.2) is 139 Å². The molecule has 56 heavy (non-hydrogen) atoms. The highest BCUT2D eigenvalue weighted by Gasteiger charge is 2.51. The van der Waals surface area contributed by atoms with Gasteiger partial charge in [-0.05, 0) is 42.0 Å². The maximum atomic E-state index is 13.0. The topological polar surface area (TPSA) is 305 Å². The first-order valence-electron chi connectivity index (χ1n) is 16.9. The molecule has 0 spiro atoms. The molecule has 1 aromatic heterocycles. The first-order valence-corrected chi connectivity index (χ1v) is 16.9. The third-order valence-electron chi connectivity index (χ3n) is 9.09. The summed E-state index contributed by atoms with van der Waals surface area (Å²) in [5.74, 6) is -2.72. The molecule has 0 radical (unpaired) electrons. The maximum Gasteiger partial charge on any atom is 0.330 e. The van der Waals surface area contributed by atoms with Gasteiger partial charge in [-0.3, -0.25) is 4.79 Å². The van der Waals surface area contributed by atoms with E-state index >= 15 is 0 Å². The number of ether oxygens (including phenoxy) is 6. The molecular weight excluding hydrogens is 748 g/mol. The third-order valence-corrected chi connectivity index (χ3v) is 9.09. The van der Waals surface area contributed by atoms with Gasteiger partial charge in [-0.15, -0.1) is 0 Å². The second-order valence-electron chi connectivity index (χ2n) is 12.8. The number of phenolic OH excluding ortho intramolecular Hbond substituents is 4. The molecule has 2 aliphatic rings. The number of phenols is 4. The first-order chi connectivity index (χ1) is 26.7.